The maximum atomic E-state index is 13.8. The number of nitrogens with one attached hydrogen (secondary N) is 1. The Morgan fingerprint density at radius 1 is 1.12 bits per heavy atom. The van der Waals surface area contributed by atoms with Gasteiger partial charge in [-0.25, -0.2) is 0 Å². The Bertz CT molecular complexity index is 892. The van der Waals surface area contributed by atoms with E-state index in [1.807, 2.05) is 10.7 Å². The molecule has 1 aromatic heterocycles. The first kappa shape index (κ1) is 22.8. The molecule has 0 radical (unpaired) electrons. The highest BCUT2D eigenvalue weighted by atomic mass is 16.2. The molecule has 2 atom stereocenters. The van der Waals surface area contributed by atoms with Crippen molar-refractivity contribution in [3.05, 3.63) is 47.8 Å². The number of anilines is 1. The Labute approximate surface area is 193 Å². The molecule has 174 valence electrons. The molecule has 4 rings (SSSR count). The Kier molecular flexibility index (Phi) is 7.51. The van der Waals surface area contributed by atoms with Crippen LogP contribution in [-0.2, 0) is 13.1 Å². The number of carbonyl (C=O) groups is 1. The summed E-state index contributed by atoms with van der Waals surface area (Å²) in [6.07, 6.45) is 7.47. The van der Waals surface area contributed by atoms with Crippen molar-refractivity contribution in [1.29, 1.82) is 0 Å². The zero-order valence-corrected chi connectivity index (χ0v) is 20.0. The van der Waals surface area contributed by atoms with Gasteiger partial charge in [0.05, 0.1) is 0 Å². The van der Waals surface area contributed by atoms with Crippen molar-refractivity contribution >= 4 is 11.6 Å². The first-order valence-corrected chi connectivity index (χ1v) is 12.5. The smallest absolute Gasteiger partial charge is 0.272 e. The van der Waals surface area contributed by atoms with Crippen LogP contribution in [0.4, 0.5) is 5.69 Å². The largest absolute Gasteiger partial charge is 0.385 e. The van der Waals surface area contributed by atoms with E-state index in [1.165, 1.54) is 24.8 Å². The summed E-state index contributed by atoms with van der Waals surface area (Å²) in [5, 5.41) is 8.09. The average molecular weight is 438 g/mol. The third-order valence-corrected chi connectivity index (χ3v) is 7.00. The molecule has 6 heteroatoms. The number of nitrogens with zero attached hydrogens (tertiary/aromatic N) is 4. The van der Waals surface area contributed by atoms with Gasteiger partial charge in [0.1, 0.15) is 5.69 Å². The summed E-state index contributed by atoms with van der Waals surface area (Å²) >= 11 is 0. The van der Waals surface area contributed by atoms with E-state index in [0.29, 0.717) is 30.2 Å². The number of fused-ring (bicyclic) bond motifs is 3. The summed E-state index contributed by atoms with van der Waals surface area (Å²) in [6, 6.07) is 11.3. The van der Waals surface area contributed by atoms with E-state index >= 15 is 0 Å². The van der Waals surface area contributed by atoms with Gasteiger partial charge in [-0.3, -0.25) is 14.4 Å². The fourth-order valence-electron chi connectivity index (χ4n) is 5.24. The number of aryl methyl sites for hydroxylation is 1. The summed E-state index contributed by atoms with van der Waals surface area (Å²) in [5.41, 5.74) is 3.04. The molecule has 3 heterocycles. The molecule has 2 aromatic rings. The molecule has 0 unspecified atom stereocenters. The number of carbonyl (C=O) groups excluding carboxylic acids is 1. The molecule has 2 aliphatic rings. The number of hydrogen-bond acceptors (Lipinski definition) is 4. The van der Waals surface area contributed by atoms with Gasteiger partial charge in [-0.2, -0.15) is 5.10 Å². The molecule has 1 N–H and O–H groups in total. The minimum atomic E-state index is 0.0947. The van der Waals surface area contributed by atoms with Gasteiger partial charge < -0.3 is 10.2 Å². The maximum Gasteiger partial charge on any atom is 0.272 e. The molecular formula is C26H39N5O. The van der Waals surface area contributed by atoms with Crippen LogP contribution in [0.5, 0.6) is 0 Å². The van der Waals surface area contributed by atoms with Crippen LogP contribution in [0, 0.1) is 5.92 Å². The highest BCUT2D eigenvalue weighted by molar-refractivity contribution is 5.92. The third-order valence-electron chi connectivity index (χ3n) is 7.00. The van der Waals surface area contributed by atoms with E-state index in [0.717, 1.165) is 44.7 Å². The van der Waals surface area contributed by atoms with Crippen molar-refractivity contribution in [2.75, 3.05) is 25.0 Å². The first-order chi connectivity index (χ1) is 15.6. The Balaban J connectivity index is 1.64. The Hall–Kier alpha value is -2.34. The molecule has 1 saturated heterocycles. The lowest BCUT2D eigenvalue weighted by atomic mass is 10.1. The Morgan fingerprint density at radius 2 is 1.94 bits per heavy atom. The number of aromatic nitrogens is 2. The molecule has 6 nitrogen and oxygen atoms in total. The van der Waals surface area contributed by atoms with E-state index in [2.05, 4.69) is 65.3 Å². The molecule has 0 spiro atoms. The zero-order valence-electron chi connectivity index (χ0n) is 20.0. The SMILES string of the molecule is CCCn1nccc1C(=O)N1Cc2ccccc2NCC[C@H]2CC[C@@H](C1)N2CCC(C)C. The third kappa shape index (κ3) is 5.17. The van der Waals surface area contributed by atoms with Gasteiger partial charge in [0.15, 0.2) is 0 Å². The van der Waals surface area contributed by atoms with Gasteiger partial charge >= 0.3 is 0 Å². The van der Waals surface area contributed by atoms with Crippen LogP contribution in [0.25, 0.3) is 0 Å². The molecule has 1 aromatic carbocycles. The molecule has 0 saturated carbocycles. The van der Waals surface area contributed by atoms with Crippen LogP contribution >= 0.6 is 0 Å². The van der Waals surface area contributed by atoms with E-state index in [4.69, 9.17) is 0 Å². The predicted molar refractivity (Wildman–Crippen MR) is 130 cm³/mol. The van der Waals surface area contributed by atoms with Crippen molar-refractivity contribution in [2.24, 2.45) is 5.92 Å². The summed E-state index contributed by atoms with van der Waals surface area (Å²) in [4.78, 5) is 18.6. The highest BCUT2D eigenvalue weighted by Crippen LogP contribution is 2.30. The van der Waals surface area contributed by atoms with Gasteiger partial charge in [-0.05, 0) is 62.3 Å². The number of hydrogen-bond donors (Lipinski definition) is 1. The molecule has 1 amide bonds. The van der Waals surface area contributed by atoms with E-state index in [1.54, 1.807) is 6.20 Å². The standard InChI is InChI=1S/C26H39N5O/c1-4-16-31-25(12-15-28-31)26(32)29-18-21-7-5-6-8-24(21)27-14-11-22-9-10-23(19-29)30(22)17-13-20(2)3/h5-8,12,15,20,22-23,27H,4,9-11,13-14,16-19H2,1-3H3/t22-,23+/m1/s1. The second kappa shape index (κ2) is 10.5. The molecule has 0 aliphatic carbocycles. The van der Waals surface area contributed by atoms with Gasteiger partial charge in [0.25, 0.3) is 5.91 Å². The van der Waals surface area contributed by atoms with E-state index in [-0.39, 0.29) is 5.91 Å². The summed E-state index contributed by atoms with van der Waals surface area (Å²) in [5.74, 6) is 0.786. The van der Waals surface area contributed by atoms with E-state index in [9.17, 15) is 4.79 Å². The molecule has 2 bridgehead atoms. The van der Waals surface area contributed by atoms with Gasteiger partial charge in [0.2, 0.25) is 0 Å². The van der Waals surface area contributed by atoms with Crippen LogP contribution in [0.1, 0.15) is 68.9 Å². The minimum absolute atomic E-state index is 0.0947. The van der Waals surface area contributed by atoms with Crippen LogP contribution in [0.15, 0.2) is 36.5 Å². The summed E-state index contributed by atoms with van der Waals surface area (Å²) in [6.45, 7) is 11.0. The summed E-state index contributed by atoms with van der Waals surface area (Å²) in [7, 11) is 0. The number of para-hydroxylation sites is 1. The normalized spacial score (nSPS) is 21.8. The zero-order chi connectivity index (χ0) is 22.5. The van der Waals surface area contributed by atoms with Gasteiger partial charge in [-0.15, -0.1) is 0 Å². The lowest BCUT2D eigenvalue weighted by Crippen LogP contribution is -2.46. The van der Waals surface area contributed by atoms with Crippen molar-refractivity contribution in [3.63, 3.8) is 0 Å². The highest BCUT2D eigenvalue weighted by Gasteiger charge is 2.36. The lowest BCUT2D eigenvalue weighted by molar-refractivity contribution is 0.0653. The predicted octanol–water partition coefficient (Wildman–Crippen LogP) is 4.63. The van der Waals surface area contributed by atoms with E-state index < -0.39 is 0 Å². The molecule has 2 aliphatic heterocycles. The second-order valence-electron chi connectivity index (χ2n) is 9.80. The maximum absolute atomic E-state index is 13.8. The number of benzene rings is 1. The van der Waals surface area contributed by atoms with Gasteiger partial charge in [0, 0.05) is 50.1 Å². The molecule has 32 heavy (non-hydrogen) atoms. The van der Waals surface area contributed by atoms with Crippen molar-refractivity contribution in [3.8, 4) is 0 Å². The quantitative estimate of drug-likeness (QED) is 0.716. The first-order valence-electron chi connectivity index (χ1n) is 12.5. The van der Waals surface area contributed by atoms with Crippen molar-refractivity contribution in [1.82, 2.24) is 19.6 Å². The average Bonchev–Trinajstić information content (AvgIpc) is 3.38. The molecule has 1 fully saturated rings. The van der Waals surface area contributed by atoms with Crippen LogP contribution in [0.3, 0.4) is 0 Å². The summed E-state index contributed by atoms with van der Waals surface area (Å²) < 4.78 is 1.87. The van der Waals surface area contributed by atoms with Crippen LogP contribution in [-0.4, -0.2) is 57.2 Å². The van der Waals surface area contributed by atoms with Crippen LogP contribution in [0.2, 0.25) is 0 Å². The lowest BCUT2D eigenvalue weighted by Gasteiger charge is -2.34. The fraction of sp³-hybridized carbons (Fsp3) is 0.615. The topological polar surface area (TPSA) is 53.4 Å². The van der Waals surface area contributed by atoms with Gasteiger partial charge in [-0.1, -0.05) is 39.0 Å². The second-order valence-corrected chi connectivity index (χ2v) is 9.80. The van der Waals surface area contributed by atoms with Crippen LogP contribution < -0.4 is 5.32 Å². The van der Waals surface area contributed by atoms with Crippen molar-refractivity contribution < 1.29 is 4.79 Å². The minimum Gasteiger partial charge on any atom is -0.385 e. The molecular weight excluding hydrogens is 398 g/mol. The number of rotatable bonds is 6. The van der Waals surface area contributed by atoms with Crippen molar-refractivity contribution in [2.45, 2.75) is 78.0 Å². The Morgan fingerprint density at radius 3 is 2.75 bits per heavy atom. The monoisotopic (exact) mass is 437 g/mol. The number of amides is 1. The fourth-order valence-corrected chi connectivity index (χ4v) is 5.24.